The molecular formula is C11H22N2O3. The minimum Gasteiger partial charge on any atom is -0.481 e. The van der Waals surface area contributed by atoms with Gasteiger partial charge in [0.1, 0.15) is 0 Å². The molecule has 1 unspecified atom stereocenters. The SMILES string of the molecule is CCCC(CN[C@@H](CC)C(N)=O)CC(=O)O. The van der Waals surface area contributed by atoms with Gasteiger partial charge in [0.15, 0.2) is 0 Å². The van der Waals surface area contributed by atoms with Gasteiger partial charge in [0.2, 0.25) is 5.91 Å². The van der Waals surface area contributed by atoms with Crippen LogP contribution in [0.2, 0.25) is 0 Å². The van der Waals surface area contributed by atoms with Crippen LogP contribution in [-0.2, 0) is 9.59 Å². The van der Waals surface area contributed by atoms with Gasteiger partial charge in [-0.3, -0.25) is 9.59 Å². The first kappa shape index (κ1) is 14.9. The van der Waals surface area contributed by atoms with E-state index in [1.165, 1.54) is 0 Å². The molecule has 0 aromatic heterocycles. The van der Waals surface area contributed by atoms with E-state index in [1.807, 2.05) is 13.8 Å². The molecule has 94 valence electrons. The third kappa shape index (κ3) is 6.40. The summed E-state index contributed by atoms with van der Waals surface area (Å²) >= 11 is 0. The Bertz CT molecular complexity index is 231. The fraction of sp³-hybridized carbons (Fsp3) is 0.818. The van der Waals surface area contributed by atoms with E-state index >= 15 is 0 Å². The van der Waals surface area contributed by atoms with Gasteiger partial charge in [0.05, 0.1) is 6.04 Å². The number of nitrogens with one attached hydrogen (secondary N) is 1. The summed E-state index contributed by atoms with van der Waals surface area (Å²) in [6.07, 6.45) is 2.54. The van der Waals surface area contributed by atoms with Crippen molar-refractivity contribution in [1.29, 1.82) is 0 Å². The van der Waals surface area contributed by atoms with Crippen molar-refractivity contribution in [2.45, 2.75) is 45.6 Å². The Balaban J connectivity index is 4.08. The van der Waals surface area contributed by atoms with Gasteiger partial charge in [0.25, 0.3) is 0 Å². The molecule has 0 aliphatic rings. The molecule has 0 bridgehead atoms. The summed E-state index contributed by atoms with van der Waals surface area (Å²) < 4.78 is 0. The van der Waals surface area contributed by atoms with Crippen molar-refractivity contribution in [2.75, 3.05) is 6.54 Å². The van der Waals surface area contributed by atoms with Gasteiger partial charge >= 0.3 is 5.97 Å². The predicted molar refractivity (Wildman–Crippen MR) is 61.9 cm³/mol. The number of carbonyl (C=O) groups excluding carboxylic acids is 1. The average molecular weight is 230 g/mol. The zero-order valence-electron chi connectivity index (χ0n) is 10.0. The van der Waals surface area contributed by atoms with Crippen LogP contribution in [0.1, 0.15) is 39.5 Å². The summed E-state index contributed by atoms with van der Waals surface area (Å²) in [6.45, 7) is 4.41. The van der Waals surface area contributed by atoms with Crippen LogP contribution in [0.15, 0.2) is 0 Å². The van der Waals surface area contributed by atoms with Crippen molar-refractivity contribution >= 4 is 11.9 Å². The predicted octanol–water partition coefficient (Wildman–Crippen LogP) is 0.731. The molecule has 1 amide bonds. The summed E-state index contributed by atoms with van der Waals surface area (Å²) in [6, 6.07) is -0.354. The lowest BCUT2D eigenvalue weighted by Gasteiger charge is -2.18. The molecule has 0 spiro atoms. The second kappa shape index (κ2) is 8.10. The van der Waals surface area contributed by atoms with Crippen molar-refractivity contribution < 1.29 is 14.7 Å². The minimum absolute atomic E-state index is 0.0656. The van der Waals surface area contributed by atoms with Crippen LogP contribution in [0.25, 0.3) is 0 Å². The first-order valence-electron chi connectivity index (χ1n) is 5.75. The van der Waals surface area contributed by atoms with E-state index in [9.17, 15) is 9.59 Å². The van der Waals surface area contributed by atoms with Crippen molar-refractivity contribution in [3.63, 3.8) is 0 Å². The number of carboxylic acids is 1. The van der Waals surface area contributed by atoms with Crippen LogP contribution < -0.4 is 11.1 Å². The maximum Gasteiger partial charge on any atom is 0.303 e. The summed E-state index contributed by atoms with van der Waals surface area (Å²) in [5.41, 5.74) is 5.19. The third-order valence-corrected chi connectivity index (χ3v) is 2.56. The number of aliphatic carboxylic acids is 1. The molecule has 0 aromatic carbocycles. The van der Waals surface area contributed by atoms with Gasteiger partial charge in [0, 0.05) is 6.42 Å². The van der Waals surface area contributed by atoms with Crippen molar-refractivity contribution in [3.8, 4) is 0 Å². The largest absolute Gasteiger partial charge is 0.481 e. The number of hydrogen-bond donors (Lipinski definition) is 3. The van der Waals surface area contributed by atoms with E-state index in [0.717, 1.165) is 12.8 Å². The van der Waals surface area contributed by atoms with E-state index in [1.54, 1.807) is 0 Å². The number of nitrogens with two attached hydrogens (primary N) is 1. The van der Waals surface area contributed by atoms with Gasteiger partial charge in [-0.1, -0.05) is 20.3 Å². The van der Waals surface area contributed by atoms with Crippen LogP contribution in [0.3, 0.4) is 0 Å². The summed E-state index contributed by atoms with van der Waals surface area (Å²) in [5, 5.41) is 11.7. The first-order chi connectivity index (χ1) is 7.51. The highest BCUT2D eigenvalue weighted by Gasteiger charge is 2.16. The maximum absolute atomic E-state index is 11.0. The molecule has 0 heterocycles. The maximum atomic E-state index is 11.0. The number of carbonyl (C=O) groups is 2. The minimum atomic E-state index is -0.799. The molecule has 0 radical (unpaired) electrons. The Labute approximate surface area is 96.4 Å². The fourth-order valence-corrected chi connectivity index (χ4v) is 1.69. The number of carboxylic acid groups (broad SMARTS) is 1. The zero-order chi connectivity index (χ0) is 12.6. The Hall–Kier alpha value is -1.10. The standard InChI is InChI=1S/C11H22N2O3/c1-3-5-8(6-10(14)15)7-13-9(4-2)11(12)16/h8-9,13H,3-7H2,1-2H3,(H2,12,16)(H,14,15)/t8?,9-/m0/s1. The molecule has 5 nitrogen and oxygen atoms in total. The molecule has 0 saturated heterocycles. The Morgan fingerprint density at radius 2 is 2.00 bits per heavy atom. The molecule has 0 aromatic rings. The highest BCUT2D eigenvalue weighted by atomic mass is 16.4. The zero-order valence-corrected chi connectivity index (χ0v) is 10.0. The van der Waals surface area contributed by atoms with E-state index in [2.05, 4.69) is 5.32 Å². The highest BCUT2D eigenvalue weighted by molar-refractivity contribution is 5.79. The summed E-state index contributed by atoms with van der Waals surface area (Å²) in [4.78, 5) is 21.6. The quantitative estimate of drug-likeness (QED) is 0.544. The second-order valence-corrected chi connectivity index (χ2v) is 4.02. The van der Waals surface area contributed by atoms with E-state index in [0.29, 0.717) is 13.0 Å². The van der Waals surface area contributed by atoms with Gasteiger partial charge in [-0.05, 0) is 25.3 Å². The van der Waals surface area contributed by atoms with Crippen molar-refractivity contribution in [1.82, 2.24) is 5.32 Å². The molecule has 0 aliphatic heterocycles. The molecule has 16 heavy (non-hydrogen) atoms. The summed E-state index contributed by atoms with van der Waals surface area (Å²) in [5.74, 6) is -1.11. The van der Waals surface area contributed by atoms with E-state index in [4.69, 9.17) is 10.8 Å². The molecular weight excluding hydrogens is 208 g/mol. The van der Waals surface area contributed by atoms with Crippen LogP contribution in [0.4, 0.5) is 0 Å². The molecule has 2 atom stereocenters. The topological polar surface area (TPSA) is 92.4 Å². The third-order valence-electron chi connectivity index (χ3n) is 2.56. The lowest BCUT2D eigenvalue weighted by molar-refractivity contribution is -0.138. The smallest absolute Gasteiger partial charge is 0.303 e. The molecule has 0 rings (SSSR count). The van der Waals surface area contributed by atoms with Gasteiger partial charge < -0.3 is 16.2 Å². The first-order valence-corrected chi connectivity index (χ1v) is 5.75. The van der Waals surface area contributed by atoms with Gasteiger partial charge in [-0.2, -0.15) is 0 Å². The highest BCUT2D eigenvalue weighted by Crippen LogP contribution is 2.10. The van der Waals surface area contributed by atoms with Crippen LogP contribution in [-0.4, -0.2) is 29.6 Å². The average Bonchev–Trinajstić information content (AvgIpc) is 2.17. The van der Waals surface area contributed by atoms with Crippen LogP contribution >= 0.6 is 0 Å². The lowest BCUT2D eigenvalue weighted by Crippen LogP contribution is -2.43. The van der Waals surface area contributed by atoms with Crippen molar-refractivity contribution in [2.24, 2.45) is 11.7 Å². The normalized spacial score (nSPS) is 14.4. The Morgan fingerprint density at radius 1 is 1.38 bits per heavy atom. The molecule has 0 aliphatic carbocycles. The number of amides is 1. The number of hydrogen-bond acceptors (Lipinski definition) is 3. The van der Waals surface area contributed by atoms with Gasteiger partial charge in [-0.15, -0.1) is 0 Å². The molecule has 5 heteroatoms. The number of rotatable bonds is 9. The Kier molecular flexibility index (Phi) is 7.54. The molecule has 4 N–H and O–H groups in total. The van der Waals surface area contributed by atoms with E-state index < -0.39 is 5.97 Å². The fourth-order valence-electron chi connectivity index (χ4n) is 1.69. The van der Waals surface area contributed by atoms with Crippen LogP contribution in [0.5, 0.6) is 0 Å². The summed E-state index contributed by atoms with van der Waals surface area (Å²) in [7, 11) is 0. The number of primary amides is 1. The molecule has 0 fully saturated rings. The van der Waals surface area contributed by atoms with Crippen molar-refractivity contribution in [3.05, 3.63) is 0 Å². The second-order valence-electron chi connectivity index (χ2n) is 4.02. The van der Waals surface area contributed by atoms with E-state index in [-0.39, 0.29) is 24.3 Å². The van der Waals surface area contributed by atoms with Gasteiger partial charge in [-0.25, -0.2) is 0 Å². The lowest BCUT2D eigenvalue weighted by atomic mass is 9.99. The molecule has 0 saturated carbocycles. The van der Waals surface area contributed by atoms with Crippen LogP contribution in [0, 0.1) is 5.92 Å². The monoisotopic (exact) mass is 230 g/mol. The Morgan fingerprint density at radius 3 is 2.38 bits per heavy atom.